The van der Waals surface area contributed by atoms with Gasteiger partial charge in [0.25, 0.3) is 5.91 Å². The Hall–Kier alpha value is -0.150. The maximum Gasteiger partial charge on any atom is 0.253 e. The molecule has 0 spiro atoms. The first-order chi connectivity index (χ1) is 7.00. The second-order valence-electron chi connectivity index (χ2n) is 2.77. The number of benzene rings is 1. The Labute approximate surface area is 107 Å². The molecule has 0 aliphatic carbocycles. The summed E-state index contributed by atoms with van der Waals surface area (Å²) in [6.45, 7) is 0.311. The Morgan fingerprint density at radius 2 is 1.93 bits per heavy atom. The highest BCUT2D eigenvalue weighted by molar-refractivity contribution is 6.53. The van der Waals surface area contributed by atoms with Crippen molar-refractivity contribution in [2.45, 2.75) is 11.4 Å². The van der Waals surface area contributed by atoms with E-state index in [0.717, 1.165) is 5.56 Å². The minimum atomic E-state index is -1.06. The SMILES string of the molecule is O=C(NCc1ccc(Cl)c(Cl)c1)C(Cl)Cl. The molecule has 0 heterocycles. The highest BCUT2D eigenvalue weighted by Gasteiger charge is 2.10. The Morgan fingerprint density at radius 1 is 1.27 bits per heavy atom. The normalized spacial score (nSPS) is 10.5. The summed E-state index contributed by atoms with van der Waals surface area (Å²) in [6.07, 6.45) is 0. The predicted octanol–water partition coefficient (Wildman–Crippen LogP) is 3.41. The molecule has 0 fully saturated rings. The molecule has 0 radical (unpaired) electrons. The molecule has 15 heavy (non-hydrogen) atoms. The van der Waals surface area contributed by atoms with Crippen molar-refractivity contribution in [3.05, 3.63) is 33.8 Å². The molecule has 1 aromatic rings. The van der Waals surface area contributed by atoms with Crippen molar-refractivity contribution in [3.8, 4) is 0 Å². The van der Waals surface area contributed by atoms with Crippen molar-refractivity contribution in [1.29, 1.82) is 0 Å². The third kappa shape index (κ3) is 4.07. The zero-order valence-electron chi connectivity index (χ0n) is 7.44. The third-order valence-corrected chi connectivity index (χ3v) is 2.78. The topological polar surface area (TPSA) is 29.1 Å². The summed E-state index contributed by atoms with van der Waals surface area (Å²) in [7, 11) is 0. The molecule has 0 saturated carbocycles. The summed E-state index contributed by atoms with van der Waals surface area (Å²) < 4.78 is 0. The Bertz CT molecular complexity index is 367. The van der Waals surface area contributed by atoms with Crippen molar-refractivity contribution in [1.82, 2.24) is 5.32 Å². The second-order valence-corrected chi connectivity index (χ2v) is 4.68. The Kier molecular flexibility index (Phi) is 5.00. The average Bonchev–Trinajstić information content (AvgIpc) is 2.19. The van der Waals surface area contributed by atoms with Crippen molar-refractivity contribution >= 4 is 52.3 Å². The fourth-order valence-corrected chi connectivity index (χ4v) is 1.39. The fourth-order valence-electron chi connectivity index (χ4n) is 0.916. The van der Waals surface area contributed by atoms with E-state index >= 15 is 0 Å². The summed E-state index contributed by atoms with van der Waals surface area (Å²) in [5.74, 6) is -0.440. The van der Waals surface area contributed by atoms with E-state index in [1.807, 2.05) is 0 Å². The van der Waals surface area contributed by atoms with Crippen molar-refractivity contribution in [3.63, 3.8) is 0 Å². The van der Waals surface area contributed by atoms with E-state index in [4.69, 9.17) is 46.4 Å². The fraction of sp³-hybridized carbons (Fsp3) is 0.222. The molecule has 0 aliphatic rings. The lowest BCUT2D eigenvalue weighted by Crippen LogP contribution is -2.27. The molecule has 1 N–H and O–H groups in total. The average molecular weight is 287 g/mol. The summed E-state index contributed by atoms with van der Waals surface area (Å²) in [6, 6.07) is 5.08. The van der Waals surface area contributed by atoms with Gasteiger partial charge in [-0.15, -0.1) is 0 Å². The maximum absolute atomic E-state index is 11.0. The summed E-state index contributed by atoms with van der Waals surface area (Å²) >= 11 is 22.2. The Morgan fingerprint density at radius 3 is 2.47 bits per heavy atom. The molecule has 0 saturated heterocycles. The van der Waals surface area contributed by atoms with Crippen molar-refractivity contribution in [2.24, 2.45) is 0 Å². The van der Waals surface area contributed by atoms with Crippen molar-refractivity contribution in [2.75, 3.05) is 0 Å². The van der Waals surface area contributed by atoms with Crippen LogP contribution >= 0.6 is 46.4 Å². The number of carbonyl (C=O) groups is 1. The number of carbonyl (C=O) groups excluding carboxylic acids is 1. The van der Waals surface area contributed by atoms with Gasteiger partial charge in [0, 0.05) is 6.54 Å². The predicted molar refractivity (Wildman–Crippen MR) is 63.8 cm³/mol. The molecular weight excluding hydrogens is 280 g/mol. The maximum atomic E-state index is 11.0. The van der Waals surface area contributed by atoms with E-state index in [9.17, 15) is 4.79 Å². The standard InChI is InChI=1S/C9H7Cl4NO/c10-6-2-1-5(3-7(6)11)4-14-9(15)8(12)13/h1-3,8H,4H2,(H,14,15). The highest BCUT2D eigenvalue weighted by atomic mass is 35.5. The zero-order chi connectivity index (χ0) is 11.4. The molecule has 0 bridgehead atoms. The van der Waals surface area contributed by atoms with Gasteiger partial charge in [-0.2, -0.15) is 0 Å². The van der Waals surface area contributed by atoms with Crippen LogP contribution in [0.1, 0.15) is 5.56 Å². The Balaban J connectivity index is 2.58. The van der Waals surface area contributed by atoms with Gasteiger partial charge in [0.2, 0.25) is 0 Å². The van der Waals surface area contributed by atoms with Gasteiger partial charge in [0.05, 0.1) is 10.0 Å². The van der Waals surface area contributed by atoms with Gasteiger partial charge in [-0.1, -0.05) is 52.5 Å². The van der Waals surface area contributed by atoms with Crippen LogP contribution in [-0.2, 0) is 11.3 Å². The van der Waals surface area contributed by atoms with E-state index in [2.05, 4.69) is 5.32 Å². The van der Waals surface area contributed by atoms with Crippen LogP contribution in [0.2, 0.25) is 10.0 Å². The van der Waals surface area contributed by atoms with E-state index in [1.54, 1.807) is 18.2 Å². The molecule has 1 amide bonds. The molecule has 2 nitrogen and oxygen atoms in total. The lowest BCUT2D eigenvalue weighted by atomic mass is 10.2. The van der Waals surface area contributed by atoms with E-state index < -0.39 is 10.7 Å². The number of halogens is 4. The molecule has 1 aromatic carbocycles. The first-order valence-corrected chi connectivity index (χ1v) is 5.63. The lowest BCUT2D eigenvalue weighted by molar-refractivity contribution is -0.119. The van der Waals surface area contributed by atoms with Gasteiger partial charge in [0.15, 0.2) is 4.84 Å². The third-order valence-electron chi connectivity index (χ3n) is 1.65. The van der Waals surface area contributed by atoms with Crippen LogP contribution < -0.4 is 5.32 Å². The van der Waals surface area contributed by atoms with E-state index in [-0.39, 0.29) is 0 Å². The van der Waals surface area contributed by atoms with Crippen LogP contribution in [-0.4, -0.2) is 10.7 Å². The first kappa shape index (κ1) is 12.9. The van der Waals surface area contributed by atoms with Gasteiger partial charge in [-0.25, -0.2) is 0 Å². The molecule has 0 unspecified atom stereocenters. The smallest absolute Gasteiger partial charge is 0.253 e. The summed E-state index contributed by atoms with van der Waals surface area (Å²) in [5, 5.41) is 3.45. The van der Waals surface area contributed by atoms with Crippen LogP contribution in [0, 0.1) is 0 Å². The van der Waals surface area contributed by atoms with Crippen LogP contribution in [0.3, 0.4) is 0 Å². The molecule has 6 heteroatoms. The number of hydrogen-bond acceptors (Lipinski definition) is 1. The molecule has 1 rings (SSSR count). The first-order valence-electron chi connectivity index (χ1n) is 4.00. The van der Waals surface area contributed by atoms with Gasteiger partial charge < -0.3 is 5.32 Å². The van der Waals surface area contributed by atoms with E-state index in [1.165, 1.54) is 0 Å². The summed E-state index contributed by atoms with van der Waals surface area (Å²) in [5.41, 5.74) is 0.826. The number of nitrogens with one attached hydrogen (secondary N) is 1. The van der Waals surface area contributed by atoms with Crippen LogP contribution in [0.5, 0.6) is 0 Å². The molecular formula is C9H7Cl4NO. The van der Waals surface area contributed by atoms with Crippen LogP contribution in [0.25, 0.3) is 0 Å². The van der Waals surface area contributed by atoms with Crippen molar-refractivity contribution < 1.29 is 4.79 Å². The monoisotopic (exact) mass is 285 g/mol. The molecule has 0 aliphatic heterocycles. The number of amides is 1. The highest BCUT2D eigenvalue weighted by Crippen LogP contribution is 2.22. The quantitative estimate of drug-likeness (QED) is 0.848. The molecule has 0 aromatic heterocycles. The number of alkyl halides is 2. The van der Waals surface area contributed by atoms with Crippen LogP contribution in [0.15, 0.2) is 18.2 Å². The van der Waals surface area contributed by atoms with Gasteiger partial charge in [-0.3, -0.25) is 4.79 Å². The summed E-state index contributed by atoms with van der Waals surface area (Å²) in [4.78, 5) is 9.97. The minimum Gasteiger partial charge on any atom is -0.350 e. The molecule has 82 valence electrons. The van der Waals surface area contributed by atoms with Gasteiger partial charge in [-0.05, 0) is 17.7 Å². The number of hydrogen-bond donors (Lipinski definition) is 1. The minimum absolute atomic E-state index is 0.311. The van der Waals surface area contributed by atoms with Gasteiger partial charge >= 0.3 is 0 Å². The molecule has 0 atom stereocenters. The van der Waals surface area contributed by atoms with Gasteiger partial charge in [0.1, 0.15) is 0 Å². The second kappa shape index (κ2) is 5.80. The number of rotatable bonds is 3. The lowest BCUT2D eigenvalue weighted by Gasteiger charge is -2.06. The van der Waals surface area contributed by atoms with E-state index in [0.29, 0.717) is 16.6 Å². The van der Waals surface area contributed by atoms with Crippen LogP contribution in [0.4, 0.5) is 0 Å². The zero-order valence-corrected chi connectivity index (χ0v) is 10.5. The largest absolute Gasteiger partial charge is 0.350 e.